The van der Waals surface area contributed by atoms with Gasteiger partial charge in [-0.25, -0.2) is 4.98 Å². The van der Waals surface area contributed by atoms with Gasteiger partial charge in [-0.1, -0.05) is 0 Å². The zero-order chi connectivity index (χ0) is 11.3. The van der Waals surface area contributed by atoms with Gasteiger partial charge in [0.15, 0.2) is 0 Å². The van der Waals surface area contributed by atoms with Crippen LogP contribution in [-0.2, 0) is 0 Å². The highest BCUT2D eigenvalue weighted by atomic mass is 35.5. The van der Waals surface area contributed by atoms with Crippen LogP contribution in [0.5, 0.6) is 0 Å². The molecule has 7 nitrogen and oxygen atoms in total. The number of hydrogen-bond acceptors (Lipinski definition) is 6. The lowest BCUT2D eigenvalue weighted by Crippen LogP contribution is -2.10. The highest BCUT2D eigenvalue weighted by Gasteiger charge is 2.12. The lowest BCUT2D eigenvalue weighted by atomic mass is 10.3. The Morgan fingerprint density at radius 3 is 2.53 bits per heavy atom. The number of anilines is 2. The van der Waals surface area contributed by atoms with E-state index in [0.29, 0.717) is 18.9 Å². The molecule has 1 aromatic heterocycles. The summed E-state index contributed by atoms with van der Waals surface area (Å²) in [4.78, 5) is 13.7. The zero-order valence-corrected chi connectivity index (χ0v) is 10.6. The van der Waals surface area contributed by atoms with E-state index in [2.05, 4.69) is 10.3 Å². The third-order valence-corrected chi connectivity index (χ3v) is 1.79. The summed E-state index contributed by atoms with van der Waals surface area (Å²) in [6, 6.07) is 2.85. The van der Waals surface area contributed by atoms with Gasteiger partial charge in [0.1, 0.15) is 5.82 Å². The average molecular weight is 284 g/mol. The monoisotopic (exact) mass is 283 g/mol. The average Bonchev–Trinajstić information content (AvgIpc) is 2.17. The largest absolute Gasteiger partial charge is 0.378 e. The minimum atomic E-state index is -0.563. The van der Waals surface area contributed by atoms with Gasteiger partial charge in [-0.05, 0) is 19.0 Å². The van der Waals surface area contributed by atoms with Crippen molar-refractivity contribution in [1.29, 1.82) is 0 Å². The summed E-state index contributed by atoms with van der Waals surface area (Å²) in [5.41, 5.74) is 10.5. The van der Waals surface area contributed by atoms with E-state index < -0.39 is 4.92 Å². The van der Waals surface area contributed by atoms with Crippen LogP contribution in [0.15, 0.2) is 12.1 Å². The van der Waals surface area contributed by atoms with Crippen LogP contribution in [0.4, 0.5) is 17.3 Å². The van der Waals surface area contributed by atoms with Gasteiger partial charge in [-0.15, -0.1) is 24.8 Å². The molecule has 1 heterocycles. The molecule has 0 spiro atoms. The number of hydrogen-bond donors (Lipinski definition) is 3. The minimum Gasteiger partial charge on any atom is -0.378 e. The van der Waals surface area contributed by atoms with E-state index in [1.807, 2.05) is 0 Å². The predicted molar refractivity (Wildman–Crippen MR) is 72.0 cm³/mol. The molecule has 0 aliphatic carbocycles. The fourth-order valence-corrected chi connectivity index (χ4v) is 1.04. The molecule has 0 amide bonds. The molecular formula is C8H15Cl2N5O2. The molecule has 0 saturated heterocycles. The van der Waals surface area contributed by atoms with Gasteiger partial charge in [0, 0.05) is 12.6 Å². The second-order valence-corrected chi connectivity index (χ2v) is 2.93. The van der Waals surface area contributed by atoms with Crippen molar-refractivity contribution in [2.24, 2.45) is 5.73 Å². The molecule has 0 saturated carbocycles. The number of nitrogens with two attached hydrogens (primary N) is 2. The third-order valence-electron chi connectivity index (χ3n) is 1.79. The van der Waals surface area contributed by atoms with Crippen molar-refractivity contribution < 1.29 is 4.92 Å². The Labute approximate surface area is 111 Å². The van der Waals surface area contributed by atoms with Crippen LogP contribution in [0.25, 0.3) is 0 Å². The molecule has 5 N–H and O–H groups in total. The first kappa shape index (κ1) is 18.1. The van der Waals surface area contributed by atoms with E-state index in [9.17, 15) is 10.1 Å². The summed E-state index contributed by atoms with van der Waals surface area (Å²) in [6.45, 7) is 1.25. The first-order chi connectivity index (χ1) is 7.15. The molecule has 0 atom stereocenters. The predicted octanol–water partition coefficient (Wildman–Crippen LogP) is 1.18. The second-order valence-electron chi connectivity index (χ2n) is 2.93. The number of nitrogens with zero attached hydrogens (tertiary/aromatic N) is 2. The van der Waals surface area contributed by atoms with E-state index in [1.54, 1.807) is 0 Å². The number of rotatable bonds is 5. The smallest absolute Gasteiger partial charge is 0.311 e. The van der Waals surface area contributed by atoms with E-state index in [1.165, 1.54) is 12.1 Å². The maximum absolute atomic E-state index is 10.4. The quantitative estimate of drug-likeness (QED) is 0.424. The van der Waals surface area contributed by atoms with Crippen molar-refractivity contribution >= 4 is 42.1 Å². The van der Waals surface area contributed by atoms with Gasteiger partial charge < -0.3 is 16.8 Å². The second kappa shape index (κ2) is 8.80. The van der Waals surface area contributed by atoms with Crippen molar-refractivity contribution in [2.45, 2.75) is 6.42 Å². The molecule has 17 heavy (non-hydrogen) atoms. The first-order valence-corrected chi connectivity index (χ1v) is 4.50. The fraction of sp³-hybridized carbons (Fsp3) is 0.375. The SMILES string of the molecule is Cl.Cl.NCCCNc1ccc([N+](=O)[O-])c(N)n1. The molecule has 0 bridgehead atoms. The molecule has 1 aromatic rings. The third kappa shape index (κ3) is 5.53. The lowest BCUT2D eigenvalue weighted by molar-refractivity contribution is -0.384. The van der Waals surface area contributed by atoms with Crippen molar-refractivity contribution in [3.8, 4) is 0 Å². The zero-order valence-electron chi connectivity index (χ0n) is 8.96. The van der Waals surface area contributed by atoms with Crippen LogP contribution in [0, 0.1) is 10.1 Å². The van der Waals surface area contributed by atoms with Crippen LogP contribution in [0.1, 0.15) is 6.42 Å². The van der Waals surface area contributed by atoms with Crippen LogP contribution in [0.2, 0.25) is 0 Å². The molecule has 0 aromatic carbocycles. The molecule has 0 radical (unpaired) electrons. The van der Waals surface area contributed by atoms with Gasteiger partial charge in [-0.2, -0.15) is 0 Å². The number of aromatic nitrogens is 1. The van der Waals surface area contributed by atoms with Gasteiger partial charge >= 0.3 is 5.69 Å². The van der Waals surface area contributed by atoms with Crippen molar-refractivity contribution in [1.82, 2.24) is 4.98 Å². The summed E-state index contributed by atoms with van der Waals surface area (Å²) >= 11 is 0. The topological polar surface area (TPSA) is 120 Å². The van der Waals surface area contributed by atoms with E-state index >= 15 is 0 Å². The van der Waals surface area contributed by atoms with Crippen LogP contribution in [0.3, 0.4) is 0 Å². The highest BCUT2D eigenvalue weighted by molar-refractivity contribution is 5.85. The molecule has 0 aliphatic rings. The Balaban J connectivity index is 0. The summed E-state index contributed by atoms with van der Waals surface area (Å²) in [7, 11) is 0. The molecule has 1 rings (SSSR count). The maximum Gasteiger partial charge on any atom is 0.311 e. The number of nitrogen functional groups attached to an aromatic ring is 1. The number of nitro groups is 1. The van der Waals surface area contributed by atoms with Crippen molar-refractivity contribution in [2.75, 3.05) is 24.1 Å². The van der Waals surface area contributed by atoms with E-state index in [-0.39, 0.29) is 36.3 Å². The van der Waals surface area contributed by atoms with Crippen LogP contribution < -0.4 is 16.8 Å². The van der Waals surface area contributed by atoms with Crippen LogP contribution >= 0.6 is 24.8 Å². The van der Waals surface area contributed by atoms with Gasteiger partial charge in [0.2, 0.25) is 5.82 Å². The summed E-state index contributed by atoms with van der Waals surface area (Å²) in [5.74, 6) is 0.435. The standard InChI is InChI=1S/C8H13N5O2.2ClH/c9-4-1-5-11-7-3-2-6(13(14)15)8(10)12-7;;/h2-3H,1,4-5,9H2,(H3,10,11,12);2*1H. The molecular weight excluding hydrogens is 269 g/mol. The summed E-state index contributed by atoms with van der Waals surface area (Å²) in [5, 5.41) is 13.4. The first-order valence-electron chi connectivity index (χ1n) is 4.50. The fourth-order valence-electron chi connectivity index (χ4n) is 1.04. The highest BCUT2D eigenvalue weighted by Crippen LogP contribution is 2.20. The Morgan fingerprint density at radius 1 is 1.41 bits per heavy atom. The minimum absolute atomic E-state index is 0. The summed E-state index contributed by atoms with van der Waals surface area (Å²) in [6.07, 6.45) is 0.804. The Morgan fingerprint density at radius 2 is 2.06 bits per heavy atom. The van der Waals surface area contributed by atoms with Gasteiger partial charge in [0.05, 0.1) is 4.92 Å². The molecule has 9 heteroatoms. The normalized spacial score (nSPS) is 8.76. The van der Waals surface area contributed by atoms with Crippen LogP contribution in [-0.4, -0.2) is 23.0 Å². The lowest BCUT2D eigenvalue weighted by Gasteiger charge is -2.04. The van der Waals surface area contributed by atoms with Crippen molar-refractivity contribution in [3.05, 3.63) is 22.2 Å². The Hall–Kier alpha value is -1.31. The molecule has 98 valence electrons. The number of halogens is 2. The molecule has 0 fully saturated rings. The Bertz CT molecular complexity index is 364. The van der Waals surface area contributed by atoms with E-state index in [4.69, 9.17) is 11.5 Å². The number of pyridine rings is 1. The Kier molecular flexibility index (Phi) is 9.35. The van der Waals surface area contributed by atoms with Gasteiger partial charge in [-0.3, -0.25) is 10.1 Å². The maximum atomic E-state index is 10.4. The molecule has 0 aliphatic heterocycles. The van der Waals surface area contributed by atoms with Gasteiger partial charge in [0.25, 0.3) is 0 Å². The number of nitrogens with one attached hydrogen (secondary N) is 1. The summed E-state index contributed by atoms with van der Waals surface area (Å²) < 4.78 is 0. The van der Waals surface area contributed by atoms with E-state index in [0.717, 1.165) is 6.42 Å². The molecule has 0 unspecified atom stereocenters. The van der Waals surface area contributed by atoms with Crippen molar-refractivity contribution in [3.63, 3.8) is 0 Å².